The molecule has 3 aromatic carbocycles. The molecule has 0 radical (unpaired) electrons. The molecule has 220 valence electrons. The van der Waals surface area contributed by atoms with Crippen LogP contribution in [-0.2, 0) is 20.6 Å². The average molecular weight is 691 g/mol. The number of halogens is 4. The van der Waals surface area contributed by atoms with Crippen molar-refractivity contribution >= 4 is 68.1 Å². The quantitative estimate of drug-likeness (QED) is 0.240. The number of imide groups is 1. The van der Waals surface area contributed by atoms with Gasteiger partial charge >= 0.3 is 11.0 Å². The van der Waals surface area contributed by atoms with Crippen LogP contribution in [0.5, 0.6) is 5.75 Å². The SMILES string of the molecule is O=C(COc1ccc(Br)cc1C1c2sc(=O)[nH]c2SC2C(=O)N(c3ccccc3C(F)(F)F)C(=O)C21)Nc1ccccc1. The molecule has 2 aliphatic heterocycles. The number of amides is 3. The zero-order valence-corrected chi connectivity index (χ0v) is 24.9. The number of hydrogen-bond donors (Lipinski definition) is 2. The Kier molecular flexibility index (Phi) is 7.69. The number of aromatic amines is 1. The fraction of sp³-hybridized carbons (Fsp3) is 0.172. The lowest BCUT2D eigenvalue weighted by molar-refractivity contribution is -0.137. The summed E-state index contributed by atoms with van der Waals surface area (Å²) in [6.07, 6.45) is -4.81. The van der Waals surface area contributed by atoms with E-state index < -0.39 is 63.7 Å². The van der Waals surface area contributed by atoms with Gasteiger partial charge in [-0.25, -0.2) is 4.90 Å². The maximum absolute atomic E-state index is 14.0. The van der Waals surface area contributed by atoms with Crippen LogP contribution in [0, 0.1) is 5.92 Å². The third-order valence-electron chi connectivity index (χ3n) is 7.00. The number of alkyl halides is 3. The summed E-state index contributed by atoms with van der Waals surface area (Å²) in [5.41, 5.74) is -0.717. The first kappa shape index (κ1) is 29.2. The van der Waals surface area contributed by atoms with Gasteiger partial charge in [-0.2, -0.15) is 13.2 Å². The van der Waals surface area contributed by atoms with Crippen molar-refractivity contribution in [1.82, 2.24) is 4.98 Å². The number of fused-ring (bicyclic) bond motifs is 2. The van der Waals surface area contributed by atoms with Crippen LogP contribution in [0.25, 0.3) is 0 Å². The minimum atomic E-state index is -4.81. The maximum Gasteiger partial charge on any atom is 0.418 e. The van der Waals surface area contributed by atoms with Gasteiger partial charge in [0.1, 0.15) is 11.0 Å². The number of carbonyl (C=O) groups excluding carboxylic acids is 3. The molecule has 3 unspecified atom stereocenters. The first-order chi connectivity index (χ1) is 20.5. The Morgan fingerprint density at radius 2 is 1.72 bits per heavy atom. The monoisotopic (exact) mass is 689 g/mol. The average Bonchev–Trinajstić information content (AvgIpc) is 3.46. The molecular weight excluding hydrogens is 671 g/mol. The highest BCUT2D eigenvalue weighted by molar-refractivity contribution is 9.10. The number of nitrogens with zero attached hydrogens (tertiary/aromatic N) is 1. The molecule has 3 atom stereocenters. The summed E-state index contributed by atoms with van der Waals surface area (Å²) in [7, 11) is 0. The lowest BCUT2D eigenvalue weighted by Crippen LogP contribution is -2.33. The molecule has 0 aliphatic carbocycles. The van der Waals surface area contributed by atoms with Crippen molar-refractivity contribution in [3.05, 3.63) is 103 Å². The zero-order valence-electron chi connectivity index (χ0n) is 21.7. The number of thiazole rings is 1. The number of anilines is 2. The van der Waals surface area contributed by atoms with Crippen molar-refractivity contribution in [2.24, 2.45) is 5.92 Å². The van der Waals surface area contributed by atoms with E-state index in [9.17, 15) is 32.3 Å². The van der Waals surface area contributed by atoms with Crippen LogP contribution in [0.2, 0.25) is 0 Å². The summed E-state index contributed by atoms with van der Waals surface area (Å²) in [6, 6.07) is 18.1. The third kappa shape index (κ3) is 5.50. The predicted molar refractivity (Wildman–Crippen MR) is 159 cm³/mol. The number of para-hydroxylation sites is 2. The number of carbonyl (C=O) groups is 3. The number of thioether (sulfide) groups is 1. The van der Waals surface area contributed by atoms with Gasteiger partial charge < -0.3 is 15.0 Å². The number of rotatable bonds is 6. The molecule has 2 aliphatic rings. The van der Waals surface area contributed by atoms with E-state index in [1.54, 1.807) is 48.5 Å². The van der Waals surface area contributed by atoms with E-state index in [2.05, 4.69) is 26.2 Å². The molecule has 43 heavy (non-hydrogen) atoms. The van der Waals surface area contributed by atoms with Gasteiger partial charge in [-0.3, -0.25) is 19.2 Å². The van der Waals surface area contributed by atoms with E-state index in [1.165, 1.54) is 12.1 Å². The normalized spacial score (nSPS) is 19.6. The lowest BCUT2D eigenvalue weighted by atomic mass is 9.82. The molecule has 1 aromatic heterocycles. The van der Waals surface area contributed by atoms with E-state index in [0.29, 0.717) is 30.5 Å². The number of H-pyrrole nitrogens is 1. The smallest absolute Gasteiger partial charge is 0.418 e. The number of hydrogen-bond acceptors (Lipinski definition) is 7. The molecule has 3 amide bonds. The van der Waals surface area contributed by atoms with Crippen LogP contribution in [-0.4, -0.2) is 34.6 Å². The first-order valence-electron chi connectivity index (χ1n) is 12.7. The van der Waals surface area contributed by atoms with Crippen molar-refractivity contribution in [3.63, 3.8) is 0 Å². The summed E-state index contributed by atoms with van der Waals surface area (Å²) in [6.45, 7) is -0.396. The highest BCUT2D eigenvalue weighted by atomic mass is 79.9. The Bertz CT molecular complexity index is 1810. The van der Waals surface area contributed by atoms with Crippen LogP contribution >= 0.6 is 39.0 Å². The molecule has 0 bridgehead atoms. The molecule has 14 heteroatoms. The fourth-order valence-electron chi connectivity index (χ4n) is 5.25. The van der Waals surface area contributed by atoms with Gasteiger partial charge in [-0.15, -0.1) is 0 Å². The highest BCUT2D eigenvalue weighted by Crippen LogP contribution is 2.55. The molecule has 0 spiro atoms. The van der Waals surface area contributed by atoms with E-state index in [-0.39, 0.29) is 5.75 Å². The van der Waals surface area contributed by atoms with Crippen LogP contribution in [0.4, 0.5) is 24.5 Å². The van der Waals surface area contributed by atoms with Crippen molar-refractivity contribution in [2.75, 3.05) is 16.8 Å². The van der Waals surface area contributed by atoms with Gasteiger partial charge in [-0.1, -0.05) is 69.4 Å². The molecule has 1 fully saturated rings. The fourth-order valence-corrected chi connectivity index (χ4v) is 8.14. The number of benzene rings is 3. The molecule has 1 saturated heterocycles. The Labute approximate surface area is 258 Å². The topological polar surface area (TPSA) is 109 Å². The van der Waals surface area contributed by atoms with Gasteiger partial charge in [0.2, 0.25) is 11.8 Å². The second-order valence-corrected chi connectivity index (χ2v) is 12.7. The minimum absolute atomic E-state index is 0.211. The number of nitrogens with one attached hydrogen (secondary N) is 2. The predicted octanol–water partition coefficient (Wildman–Crippen LogP) is 6.03. The second-order valence-electron chi connectivity index (χ2n) is 9.66. The van der Waals surface area contributed by atoms with Gasteiger partial charge in [0.05, 0.1) is 22.2 Å². The van der Waals surface area contributed by atoms with E-state index >= 15 is 0 Å². The van der Waals surface area contributed by atoms with Crippen molar-refractivity contribution < 1.29 is 32.3 Å². The third-order valence-corrected chi connectivity index (χ3v) is 9.89. The lowest BCUT2D eigenvalue weighted by Gasteiger charge is -2.31. The molecule has 0 saturated carbocycles. The maximum atomic E-state index is 14.0. The highest BCUT2D eigenvalue weighted by Gasteiger charge is 2.57. The van der Waals surface area contributed by atoms with Crippen LogP contribution in [0.3, 0.4) is 0 Å². The summed E-state index contributed by atoms with van der Waals surface area (Å²) in [5.74, 6) is -3.99. The molecular formula is C29H19BrF3N3O5S2. The standard InChI is InChI=1S/C29H19BrF3N3O5S2/c30-14-10-11-19(41-13-20(37)34-15-6-2-1-3-7-15)16(12-14)21-22-24(42-25-23(21)43-28(40)35-25)27(39)36(26(22)38)18-9-5-4-8-17(18)29(31,32)33/h1-12,21-22,24H,13H2,(H,34,37)(H,35,40). The van der Waals surface area contributed by atoms with E-state index in [1.807, 2.05) is 0 Å². The Morgan fingerprint density at radius 3 is 2.47 bits per heavy atom. The number of ether oxygens (including phenoxy) is 1. The van der Waals surface area contributed by atoms with Crippen molar-refractivity contribution in [3.8, 4) is 5.75 Å². The molecule has 8 nitrogen and oxygen atoms in total. The summed E-state index contributed by atoms with van der Waals surface area (Å²) in [4.78, 5) is 56.1. The summed E-state index contributed by atoms with van der Waals surface area (Å²) in [5, 5.41) is 1.94. The molecule has 3 heterocycles. The van der Waals surface area contributed by atoms with Crippen LogP contribution in [0.1, 0.15) is 21.9 Å². The first-order valence-corrected chi connectivity index (χ1v) is 15.2. The largest absolute Gasteiger partial charge is 0.483 e. The Balaban J connectivity index is 1.40. The Morgan fingerprint density at radius 1 is 1.00 bits per heavy atom. The van der Waals surface area contributed by atoms with E-state index in [0.717, 1.165) is 35.2 Å². The second kappa shape index (κ2) is 11.3. The van der Waals surface area contributed by atoms with Crippen LogP contribution < -0.4 is 19.8 Å². The minimum Gasteiger partial charge on any atom is -0.483 e. The summed E-state index contributed by atoms with van der Waals surface area (Å²) < 4.78 is 48.2. The Hall–Kier alpha value is -3.88. The van der Waals surface area contributed by atoms with Gasteiger partial charge in [0, 0.05) is 26.5 Å². The zero-order chi connectivity index (χ0) is 30.5. The van der Waals surface area contributed by atoms with Gasteiger partial charge in [0.25, 0.3) is 5.91 Å². The van der Waals surface area contributed by atoms with Crippen LogP contribution in [0.15, 0.2) is 87.1 Å². The molecule has 4 aromatic rings. The molecule has 2 N–H and O–H groups in total. The molecule has 6 rings (SSSR count). The van der Waals surface area contributed by atoms with E-state index in [4.69, 9.17) is 4.74 Å². The van der Waals surface area contributed by atoms with Gasteiger partial charge in [0.15, 0.2) is 6.61 Å². The van der Waals surface area contributed by atoms with Crippen molar-refractivity contribution in [2.45, 2.75) is 22.4 Å². The van der Waals surface area contributed by atoms with Crippen molar-refractivity contribution in [1.29, 1.82) is 0 Å². The van der Waals surface area contributed by atoms with Gasteiger partial charge in [-0.05, 0) is 42.5 Å². The number of aromatic nitrogens is 1. The summed E-state index contributed by atoms with van der Waals surface area (Å²) >= 11 is 5.21.